The standard InChI is InChI=1S/C7H6ClN3O2S/c8-14(12,13)4-1-2-5-6(3-4)11-7(9)10-5/h1-3H,(H3,9,10,11). The number of nitrogens with zero attached hydrogens (tertiary/aromatic N) is 1. The average molecular weight is 232 g/mol. The van der Waals surface area contributed by atoms with Crippen molar-refractivity contribution >= 4 is 36.7 Å². The van der Waals surface area contributed by atoms with Gasteiger partial charge in [0.1, 0.15) is 0 Å². The van der Waals surface area contributed by atoms with E-state index in [1.54, 1.807) is 0 Å². The Balaban J connectivity index is 2.74. The van der Waals surface area contributed by atoms with Crippen molar-refractivity contribution in [2.24, 2.45) is 0 Å². The van der Waals surface area contributed by atoms with Crippen molar-refractivity contribution in [3.8, 4) is 0 Å². The zero-order valence-corrected chi connectivity index (χ0v) is 8.43. The monoisotopic (exact) mass is 231 g/mol. The predicted molar refractivity (Wildman–Crippen MR) is 53.5 cm³/mol. The van der Waals surface area contributed by atoms with Crippen molar-refractivity contribution < 1.29 is 8.42 Å². The maximum Gasteiger partial charge on any atom is 0.261 e. The Hall–Kier alpha value is -1.27. The van der Waals surface area contributed by atoms with Crippen LogP contribution >= 0.6 is 10.7 Å². The highest BCUT2D eigenvalue weighted by molar-refractivity contribution is 8.13. The molecular weight excluding hydrogens is 226 g/mol. The van der Waals surface area contributed by atoms with E-state index in [1.165, 1.54) is 18.2 Å². The van der Waals surface area contributed by atoms with E-state index in [0.717, 1.165) is 0 Å². The second kappa shape index (κ2) is 2.86. The fourth-order valence-electron chi connectivity index (χ4n) is 1.16. The number of aromatic amines is 1. The Kier molecular flexibility index (Phi) is 1.90. The van der Waals surface area contributed by atoms with Crippen molar-refractivity contribution in [2.45, 2.75) is 4.90 Å². The van der Waals surface area contributed by atoms with Crippen LogP contribution in [0.3, 0.4) is 0 Å². The zero-order valence-electron chi connectivity index (χ0n) is 6.86. The van der Waals surface area contributed by atoms with Crippen LogP contribution in [0.1, 0.15) is 0 Å². The lowest BCUT2D eigenvalue weighted by molar-refractivity contribution is 0.609. The van der Waals surface area contributed by atoms with Gasteiger partial charge in [-0.1, -0.05) is 0 Å². The van der Waals surface area contributed by atoms with Crippen LogP contribution in [-0.4, -0.2) is 18.4 Å². The fourth-order valence-corrected chi connectivity index (χ4v) is 1.94. The molecule has 0 aliphatic carbocycles. The van der Waals surface area contributed by atoms with Gasteiger partial charge in [0.15, 0.2) is 5.95 Å². The van der Waals surface area contributed by atoms with Crippen LogP contribution in [0.15, 0.2) is 23.1 Å². The molecule has 0 radical (unpaired) electrons. The number of nitrogens with one attached hydrogen (secondary N) is 1. The number of H-pyrrole nitrogens is 1. The highest BCUT2D eigenvalue weighted by Crippen LogP contribution is 2.20. The summed E-state index contributed by atoms with van der Waals surface area (Å²) in [6, 6.07) is 4.31. The number of anilines is 1. The van der Waals surface area contributed by atoms with Gasteiger partial charge >= 0.3 is 0 Å². The van der Waals surface area contributed by atoms with Crippen molar-refractivity contribution in [3.63, 3.8) is 0 Å². The highest BCUT2D eigenvalue weighted by Gasteiger charge is 2.11. The average Bonchev–Trinajstić information content (AvgIpc) is 2.41. The van der Waals surface area contributed by atoms with Crippen LogP contribution in [0.5, 0.6) is 0 Å². The molecule has 0 atom stereocenters. The van der Waals surface area contributed by atoms with Gasteiger partial charge in [-0.25, -0.2) is 13.4 Å². The summed E-state index contributed by atoms with van der Waals surface area (Å²) in [6.07, 6.45) is 0. The fraction of sp³-hybridized carbons (Fsp3) is 0. The first-order valence-electron chi connectivity index (χ1n) is 3.67. The molecule has 0 amide bonds. The lowest BCUT2D eigenvalue weighted by Crippen LogP contribution is -1.89. The number of imidazole rings is 1. The molecule has 1 aromatic carbocycles. The number of rotatable bonds is 1. The van der Waals surface area contributed by atoms with E-state index >= 15 is 0 Å². The SMILES string of the molecule is Nc1nc2ccc(S(=O)(=O)Cl)cc2[nH]1. The predicted octanol–water partition coefficient (Wildman–Crippen LogP) is 1.07. The normalized spacial score (nSPS) is 12.1. The molecule has 0 fully saturated rings. The number of benzene rings is 1. The summed E-state index contributed by atoms with van der Waals surface area (Å²) in [7, 11) is 1.47. The van der Waals surface area contributed by atoms with Crippen LogP contribution < -0.4 is 5.73 Å². The van der Waals surface area contributed by atoms with E-state index in [4.69, 9.17) is 16.4 Å². The molecule has 0 bridgehead atoms. The maximum absolute atomic E-state index is 11.0. The minimum absolute atomic E-state index is 0.0234. The number of fused-ring (bicyclic) bond motifs is 1. The van der Waals surface area contributed by atoms with Gasteiger partial charge in [-0.05, 0) is 18.2 Å². The van der Waals surface area contributed by atoms with Gasteiger partial charge in [0.2, 0.25) is 0 Å². The van der Waals surface area contributed by atoms with Crippen LogP contribution in [0, 0.1) is 0 Å². The molecule has 74 valence electrons. The minimum Gasteiger partial charge on any atom is -0.369 e. The summed E-state index contributed by atoms with van der Waals surface area (Å²) < 4.78 is 22.0. The van der Waals surface area contributed by atoms with Gasteiger partial charge < -0.3 is 10.7 Å². The molecule has 2 aromatic rings. The van der Waals surface area contributed by atoms with Gasteiger partial charge in [-0.3, -0.25) is 0 Å². The summed E-state index contributed by atoms with van der Waals surface area (Å²) in [6.45, 7) is 0. The summed E-state index contributed by atoms with van der Waals surface area (Å²) in [5, 5.41) is 0. The number of nitrogens with two attached hydrogens (primary N) is 1. The lowest BCUT2D eigenvalue weighted by atomic mass is 10.3. The zero-order chi connectivity index (χ0) is 10.3. The third kappa shape index (κ3) is 1.53. The molecule has 0 aliphatic heterocycles. The summed E-state index contributed by atoms with van der Waals surface area (Å²) in [5.74, 6) is 0.240. The van der Waals surface area contributed by atoms with E-state index < -0.39 is 9.05 Å². The van der Waals surface area contributed by atoms with E-state index in [-0.39, 0.29) is 10.8 Å². The summed E-state index contributed by atoms with van der Waals surface area (Å²) in [4.78, 5) is 6.66. The summed E-state index contributed by atoms with van der Waals surface area (Å²) in [5.41, 5.74) is 6.55. The van der Waals surface area contributed by atoms with E-state index in [9.17, 15) is 8.42 Å². The van der Waals surface area contributed by atoms with Crippen molar-refractivity contribution in [2.75, 3.05) is 5.73 Å². The molecule has 5 nitrogen and oxygen atoms in total. The molecule has 0 spiro atoms. The Morgan fingerprint density at radius 1 is 1.43 bits per heavy atom. The Labute approximate surface area is 84.3 Å². The molecule has 3 N–H and O–H groups in total. The molecule has 7 heteroatoms. The first-order chi connectivity index (χ1) is 6.47. The molecule has 0 saturated carbocycles. The van der Waals surface area contributed by atoms with Gasteiger partial charge in [-0.15, -0.1) is 0 Å². The first-order valence-corrected chi connectivity index (χ1v) is 5.98. The van der Waals surface area contributed by atoms with Crippen molar-refractivity contribution in [3.05, 3.63) is 18.2 Å². The molecule has 0 unspecified atom stereocenters. The highest BCUT2D eigenvalue weighted by atomic mass is 35.7. The van der Waals surface area contributed by atoms with Crippen molar-refractivity contribution in [1.29, 1.82) is 0 Å². The van der Waals surface area contributed by atoms with Crippen LogP contribution in [0.25, 0.3) is 11.0 Å². The van der Waals surface area contributed by atoms with Gasteiger partial charge in [0.25, 0.3) is 9.05 Å². The second-order valence-corrected chi connectivity index (χ2v) is 5.30. The Bertz CT molecular complexity index is 590. The minimum atomic E-state index is -3.70. The molecule has 0 saturated heterocycles. The maximum atomic E-state index is 11.0. The third-order valence-corrected chi connectivity index (χ3v) is 3.10. The lowest BCUT2D eigenvalue weighted by Gasteiger charge is -1.94. The van der Waals surface area contributed by atoms with E-state index in [0.29, 0.717) is 11.0 Å². The molecule has 1 aromatic heterocycles. The van der Waals surface area contributed by atoms with E-state index in [1.807, 2.05) is 0 Å². The van der Waals surface area contributed by atoms with Crippen LogP contribution in [0.4, 0.5) is 5.95 Å². The number of hydrogen-bond donors (Lipinski definition) is 2. The Morgan fingerprint density at radius 2 is 2.14 bits per heavy atom. The van der Waals surface area contributed by atoms with Crippen LogP contribution in [-0.2, 0) is 9.05 Å². The Morgan fingerprint density at radius 3 is 2.79 bits per heavy atom. The largest absolute Gasteiger partial charge is 0.369 e. The molecule has 0 aliphatic rings. The summed E-state index contributed by atoms with van der Waals surface area (Å²) >= 11 is 0. The van der Waals surface area contributed by atoms with E-state index in [2.05, 4.69) is 9.97 Å². The molecular formula is C7H6ClN3O2S. The molecule has 1 heterocycles. The quantitative estimate of drug-likeness (QED) is 0.719. The van der Waals surface area contributed by atoms with Crippen molar-refractivity contribution in [1.82, 2.24) is 9.97 Å². The smallest absolute Gasteiger partial charge is 0.261 e. The third-order valence-electron chi connectivity index (χ3n) is 1.75. The number of nitrogen functional groups attached to an aromatic ring is 1. The topological polar surface area (TPSA) is 88.8 Å². The number of aromatic nitrogens is 2. The van der Waals surface area contributed by atoms with Gasteiger partial charge in [0, 0.05) is 10.7 Å². The molecule has 14 heavy (non-hydrogen) atoms. The van der Waals surface area contributed by atoms with Gasteiger partial charge in [-0.2, -0.15) is 0 Å². The van der Waals surface area contributed by atoms with Gasteiger partial charge in [0.05, 0.1) is 15.9 Å². The van der Waals surface area contributed by atoms with Crippen LogP contribution in [0.2, 0.25) is 0 Å². The first kappa shape index (κ1) is 9.29. The number of hydrogen-bond acceptors (Lipinski definition) is 4. The second-order valence-electron chi connectivity index (χ2n) is 2.74. The number of halogens is 1. The molecule has 2 rings (SSSR count).